The minimum Gasteiger partial charge on any atom is -0.408 e. The van der Waals surface area contributed by atoms with Crippen molar-refractivity contribution in [1.29, 1.82) is 0 Å². The highest BCUT2D eigenvalue weighted by Gasteiger charge is 2.36. The highest BCUT2D eigenvalue weighted by molar-refractivity contribution is 7.89. The molecule has 2 heterocycles. The third kappa shape index (κ3) is 2.76. The number of oxazole rings is 1. The Morgan fingerprint density at radius 2 is 1.88 bits per heavy atom. The van der Waals surface area contributed by atoms with Crippen LogP contribution in [0.15, 0.2) is 56.6 Å². The molecule has 0 aliphatic carbocycles. The summed E-state index contributed by atoms with van der Waals surface area (Å²) in [6.45, 7) is 0.451. The molecule has 26 heavy (non-hydrogen) atoms. The molecule has 1 atom stereocenters. The van der Waals surface area contributed by atoms with Crippen LogP contribution in [0.25, 0.3) is 11.1 Å². The Morgan fingerprint density at radius 3 is 2.62 bits per heavy atom. The molecule has 8 heteroatoms. The molecule has 1 saturated heterocycles. The van der Waals surface area contributed by atoms with Crippen LogP contribution < -0.4 is 5.76 Å². The van der Waals surface area contributed by atoms with Gasteiger partial charge in [-0.25, -0.2) is 13.2 Å². The fraction of sp³-hybridized carbons (Fsp3) is 0.278. The van der Waals surface area contributed by atoms with Gasteiger partial charge in [-0.3, -0.25) is 4.57 Å². The van der Waals surface area contributed by atoms with E-state index in [-0.39, 0.29) is 16.5 Å². The number of hydrogen-bond donors (Lipinski definition) is 0. The summed E-state index contributed by atoms with van der Waals surface area (Å²) in [6.07, 6.45) is 1.54. The minimum absolute atomic E-state index is 0.125. The van der Waals surface area contributed by atoms with Crippen molar-refractivity contribution in [2.75, 3.05) is 6.54 Å². The fourth-order valence-corrected chi connectivity index (χ4v) is 5.28. The summed E-state index contributed by atoms with van der Waals surface area (Å²) >= 11 is 5.94. The number of halogens is 1. The van der Waals surface area contributed by atoms with E-state index >= 15 is 0 Å². The average molecular weight is 393 g/mol. The van der Waals surface area contributed by atoms with Gasteiger partial charge in [0, 0.05) is 24.7 Å². The van der Waals surface area contributed by atoms with E-state index in [9.17, 15) is 13.2 Å². The summed E-state index contributed by atoms with van der Waals surface area (Å²) in [5.41, 5.74) is 1.74. The number of aromatic nitrogens is 1. The summed E-state index contributed by atoms with van der Waals surface area (Å²) in [6, 6.07) is 11.6. The maximum atomic E-state index is 13.2. The lowest BCUT2D eigenvalue weighted by Gasteiger charge is -2.24. The molecule has 4 rings (SSSR count). The standard InChI is InChI=1S/C18H17ClN2O4S/c1-20-16-9-8-14(11-17(16)25-18(20)22)26(23,24)21-10-2-3-15(21)12-4-6-13(19)7-5-12/h4-9,11,15H,2-3,10H2,1H3. The minimum atomic E-state index is -3.71. The van der Waals surface area contributed by atoms with Crippen LogP contribution in [0.1, 0.15) is 24.4 Å². The Bertz CT molecular complexity index is 1130. The molecular formula is C18H17ClN2O4S. The van der Waals surface area contributed by atoms with E-state index in [0.717, 1.165) is 18.4 Å². The topological polar surface area (TPSA) is 72.5 Å². The first kappa shape index (κ1) is 17.3. The summed E-state index contributed by atoms with van der Waals surface area (Å²) in [7, 11) is -2.13. The third-order valence-corrected chi connectivity index (χ3v) is 6.98. The normalized spacial score (nSPS) is 18.6. The predicted octanol–water partition coefficient (Wildman–Crippen LogP) is 3.31. The largest absolute Gasteiger partial charge is 0.419 e. The first-order valence-corrected chi connectivity index (χ1v) is 10.1. The summed E-state index contributed by atoms with van der Waals surface area (Å²) < 4.78 is 34.4. The number of benzene rings is 2. The van der Waals surface area contributed by atoms with Gasteiger partial charge in [0.05, 0.1) is 16.5 Å². The van der Waals surface area contributed by atoms with Gasteiger partial charge < -0.3 is 4.42 Å². The van der Waals surface area contributed by atoms with E-state index in [1.165, 1.54) is 21.0 Å². The Kier molecular flexibility index (Phi) is 4.17. The second-order valence-electron chi connectivity index (χ2n) is 6.38. The SMILES string of the molecule is Cn1c(=O)oc2cc(S(=O)(=O)N3CCCC3c3ccc(Cl)cc3)ccc21. The summed E-state index contributed by atoms with van der Waals surface area (Å²) in [4.78, 5) is 11.8. The molecule has 1 aliphatic heterocycles. The molecule has 1 aliphatic rings. The Morgan fingerprint density at radius 1 is 1.15 bits per heavy atom. The fourth-order valence-electron chi connectivity index (χ4n) is 3.46. The number of hydrogen-bond acceptors (Lipinski definition) is 4. The van der Waals surface area contributed by atoms with Crippen molar-refractivity contribution < 1.29 is 12.8 Å². The van der Waals surface area contributed by atoms with E-state index in [1.54, 1.807) is 25.2 Å². The van der Waals surface area contributed by atoms with Crippen molar-refractivity contribution in [3.63, 3.8) is 0 Å². The number of sulfonamides is 1. The quantitative estimate of drug-likeness (QED) is 0.685. The van der Waals surface area contributed by atoms with E-state index < -0.39 is 15.8 Å². The zero-order valence-corrected chi connectivity index (χ0v) is 15.6. The Labute approximate surface area is 155 Å². The smallest absolute Gasteiger partial charge is 0.408 e. The van der Waals surface area contributed by atoms with Crippen molar-refractivity contribution in [3.8, 4) is 0 Å². The molecular weight excluding hydrogens is 376 g/mol. The number of nitrogens with zero attached hydrogens (tertiary/aromatic N) is 2. The lowest BCUT2D eigenvalue weighted by atomic mass is 10.1. The summed E-state index contributed by atoms with van der Waals surface area (Å²) in [5.74, 6) is -0.519. The molecule has 6 nitrogen and oxygen atoms in total. The molecule has 0 saturated carbocycles. The van der Waals surface area contributed by atoms with Gasteiger partial charge in [-0.15, -0.1) is 0 Å². The van der Waals surface area contributed by atoms with Crippen LogP contribution in [-0.4, -0.2) is 23.8 Å². The van der Waals surface area contributed by atoms with Crippen molar-refractivity contribution >= 4 is 32.7 Å². The molecule has 1 fully saturated rings. The van der Waals surface area contributed by atoms with Gasteiger partial charge in [-0.1, -0.05) is 23.7 Å². The molecule has 1 unspecified atom stereocenters. The number of fused-ring (bicyclic) bond motifs is 1. The van der Waals surface area contributed by atoms with E-state index in [1.807, 2.05) is 12.1 Å². The van der Waals surface area contributed by atoms with Gasteiger partial charge in [0.2, 0.25) is 10.0 Å². The average Bonchev–Trinajstić information content (AvgIpc) is 3.21. The molecule has 0 bridgehead atoms. The highest BCUT2D eigenvalue weighted by atomic mass is 35.5. The second-order valence-corrected chi connectivity index (χ2v) is 8.71. The Balaban J connectivity index is 1.75. The van der Waals surface area contributed by atoms with Crippen LogP contribution in [0.4, 0.5) is 0 Å². The maximum Gasteiger partial charge on any atom is 0.419 e. The van der Waals surface area contributed by atoms with E-state index in [0.29, 0.717) is 17.1 Å². The third-order valence-electron chi connectivity index (χ3n) is 4.83. The number of aryl methyl sites for hydroxylation is 1. The van der Waals surface area contributed by atoms with Gasteiger partial charge in [0.1, 0.15) is 0 Å². The lowest BCUT2D eigenvalue weighted by molar-refractivity contribution is 0.396. The van der Waals surface area contributed by atoms with Crippen LogP contribution in [-0.2, 0) is 17.1 Å². The van der Waals surface area contributed by atoms with Crippen LogP contribution >= 0.6 is 11.6 Å². The van der Waals surface area contributed by atoms with Gasteiger partial charge in [0.15, 0.2) is 5.58 Å². The van der Waals surface area contributed by atoms with E-state index in [2.05, 4.69) is 0 Å². The van der Waals surface area contributed by atoms with Gasteiger partial charge in [0.25, 0.3) is 0 Å². The van der Waals surface area contributed by atoms with Crippen molar-refractivity contribution in [3.05, 3.63) is 63.6 Å². The van der Waals surface area contributed by atoms with Crippen molar-refractivity contribution in [1.82, 2.24) is 8.87 Å². The maximum absolute atomic E-state index is 13.2. The lowest BCUT2D eigenvalue weighted by Crippen LogP contribution is -2.30. The molecule has 136 valence electrons. The highest BCUT2D eigenvalue weighted by Crippen LogP contribution is 2.37. The van der Waals surface area contributed by atoms with Crippen LogP contribution in [0.3, 0.4) is 0 Å². The monoisotopic (exact) mass is 392 g/mol. The first-order chi connectivity index (χ1) is 12.4. The van der Waals surface area contributed by atoms with Crippen molar-refractivity contribution in [2.24, 2.45) is 7.05 Å². The molecule has 2 aromatic carbocycles. The van der Waals surface area contributed by atoms with Gasteiger partial charge in [-0.2, -0.15) is 4.31 Å². The van der Waals surface area contributed by atoms with Crippen LogP contribution in [0.5, 0.6) is 0 Å². The second kappa shape index (κ2) is 6.26. The zero-order valence-electron chi connectivity index (χ0n) is 14.1. The molecule has 0 spiro atoms. The molecule has 0 amide bonds. The molecule has 0 radical (unpaired) electrons. The van der Waals surface area contributed by atoms with Gasteiger partial charge >= 0.3 is 5.76 Å². The van der Waals surface area contributed by atoms with Crippen LogP contribution in [0.2, 0.25) is 5.02 Å². The molecule has 1 aromatic heterocycles. The van der Waals surface area contributed by atoms with Crippen LogP contribution in [0, 0.1) is 0 Å². The number of rotatable bonds is 3. The van der Waals surface area contributed by atoms with E-state index in [4.69, 9.17) is 16.0 Å². The first-order valence-electron chi connectivity index (χ1n) is 8.25. The van der Waals surface area contributed by atoms with Gasteiger partial charge in [-0.05, 0) is 42.7 Å². The summed E-state index contributed by atoms with van der Waals surface area (Å²) in [5, 5.41) is 0.616. The predicted molar refractivity (Wildman–Crippen MR) is 98.8 cm³/mol. The van der Waals surface area contributed by atoms with Crippen molar-refractivity contribution in [2.45, 2.75) is 23.8 Å². The zero-order chi connectivity index (χ0) is 18.5. The molecule has 3 aromatic rings. The Hall–Kier alpha value is -2.09. The molecule has 0 N–H and O–H groups in total.